The monoisotopic (exact) mass is 566 g/mol. The Morgan fingerprint density at radius 1 is 0.744 bits per heavy atom. The summed E-state index contributed by atoms with van der Waals surface area (Å²) in [5.74, 6) is -0.320. The second kappa shape index (κ2) is 12.0. The molecule has 43 heavy (non-hydrogen) atoms. The fourth-order valence-corrected chi connectivity index (χ4v) is 5.61. The fourth-order valence-electron chi connectivity index (χ4n) is 5.61. The van der Waals surface area contributed by atoms with E-state index < -0.39 is 0 Å². The largest absolute Gasteiger partial charge is 0.354 e. The molecule has 0 aliphatic carbocycles. The Kier molecular flexibility index (Phi) is 7.77. The number of benzene rings is 5. The second-order valence-corrected chi connectivity index (χ2v) is 11.2. The molecular weight excluding hydrogens is 532 g/mol. The Balaban J connectivity index is 1.35. The van der Waals surface area contributed by atoms with E-state index in [1.165, 1.54) is 5.56 Å². The van der Waals surface area contributed by atoms with Gasteiger partial charge in [-0.1, -0.05) is 84.9 Å². The van der Waals surface area contributed by atoms with Crippen molar-refractivity contribution < 1.29 is 9.59 Å². The highest BCUT2D eigenvalue weighted by Gasteiger charge is 2.30. The van der Waals surface area contributed by atoms with Crippen LogP contribution in [0.3, 0.4) is 0 Å². The molecule has 0 unspecified atom stereocenters. The standard InChI is InChI=1S/C37H34N4O2/c1-40(2)23-25-16-19-30(20-17-25)38-35(27-11-5-4-6-12-27)34-32-22-28(18-21-33(32)39-36(34)42)37(43)41(3)24-29-14-9-13-26-10-7-8-15-31(26)29/h4-22,38H,23-24H2,1-3H3,(H,39,42)/b35-34-. The van der Waals surface area contributed by atoms with Gasteiger partial charge in [-0.2, -0.15) is 0 Å². The maximum absolute atomic E-state index is 13.7. The van der Waals surface area contributed by atoms with Crippen LogP contribution in [-0.2, 0) is 17.9 Å². The van der Waals surface area contributed by atoms with Gasteiger partial charge in [-0.05, 0) is 71.9 Å². The van der Waals surface area contributed by atoms with Crippen LogP contribution in [0.15, 0.2) is 115 Å². The highest BCUT2D eigenvalue weighted by atomic mass is 16.2. The lowest BCUT2D eigenvalue weighted by Crippen LogP contribution is -2.26. The minimum absolute atomic E-state index is 0.111. The lowest BCUT2D eigenvalue weighted by Gasteiger charge is -2.19. The van der Waals surface area contributed by atoms with E-state index >= 15 is 0 Å². The minimum atomic E-state index is -0.209. The lowest BCUT2D eigenvalue weighted by atomic mass is 9.98. The third-order valence-corrected chi connectivity index (χ3v) is 7.68. The van der Waals surface area contributed by atoms with Crippen LogP contribution < -0.4 is 10.6 Å². The molecule has 6 rings (SSSR count). The van der Waals surface area contributed by atoms with Crippen molar-refractivity contribution in [2.24, 2.45) is 0 Å². The van der Waals surface area contributed by atoms with Gasteiger partial charge in [0, 0.05) is 42.6 Å². The molecule has 0 saturated carbocycles. The van der Waals surface area contributed by atoms with Gasteiger partial charge < -0.3 is 20.4 Å². The summed E-state index contributed by atoms with van der Waals surface area (Å²) in [6.07, 6.45) is 0. The zero-order valence-electron chi connectivity index (χ0n) is 24.6. The first-order valence-electron chi connectivity index (χ1n) is 14.4. The molecule has 5 aromatic rings. The van der Waals surface area contributed by atoms with Crippen LogP contribution in [0.25, 0.3) is 22.0 Å². The number of fused-ring (bicyclic) bond motifs is 2. The van der Waals surface area contributed by atoms with Crippen molar-refractivity contribution in [2.45, 2.75) is 13.1 Å². The molecule has 0 atom stereocenters. The summed E-state index contributed by atoms with van der Waals surface area (Å²) < 4.78 is 0. The molecule has 0 fully saturated rings. The molecule has 214 valence electrons. The van der Waals surface area contributed by atoms with Gasteiger partial charge >= 0.3 is 0 Å². The van der Waals surface area contributed by atoms with Crippen molar-refractivity contribution in [3.8, 4) is 0 Å². The number of rotatable bonds is 8. The van der Waals surface area contributed by atoms with Crippen LogP contribution >= 0.6 is 0 Å². The summed E-state index contributed by atoms with van der Waals surface area (Å²) in [7, 11) is 5.90. The van der Waals surface area contributed by atoms with Crippen molar-refractivity contribution in [1.29, 1.82) is 0 Å². The molecule has 0 radical (unpaired) electrons. The number of hydrogen-bond acceptors (Lipinski definition) is 4. The van der Waals surface area contributed by atoms with E-state index in [1.54, 1.807) is 11.0 Å². The van der Waals surface area contributed by atoms with E-state index in [9.17, 15) is 9.59 Å². The van der Waals surface area contributed by atoms with Crippen molar-refractivity contribution in [2.75, 3.05) is 31.8 Å². The summed E-state index contributed by atoms with van der Waals surface area (Å²) in [5, 5.41) is 8.80. The molecule has 0 aromatic heterocycles. The van der Waals surface area contributed by atoms with E-state index in [1.807, 2.05) is 93.9 Å². The number of carbonyl (C=O) groups excluding carboxylic acids is 2. The second-order valence-electron chi connectivity index (χ2n) is 11.2. The number of carbonyl (C=O) groups is 2. The minimum Gasteiger partial charge on any atom is -0.354 e. The van der Waals surface area contributed by atoms with Crippen molar-refractivity contribution >= 4 is 45.2 Å². The molecular formula is C37H34N4O2. The third-order valence-electron chi connectivity index (χ3n) is 7.68. The van der Waals surface area contributed by atoms with Crippen molar-refractivity contribution in [3.05, 3.63) is 143 Å². The summed E-state index contributed by atoms with van der Waals surface area (Å²) in [6, 6.07) is 37.8. The van der Waals surface area contributed by atoms with Crippen LogP contribution in [0.5, 0.6) is 0 Å². The maximum Gasteiger partial charge on any atom is 0.258 e. The van der Waals surface area contributed by atoms with Crippen LogP contribution in [-0.4, -0.2) is 42.8 Å². The topological polar surface area (TPSA) is 64.7 Å². The summed E-state index contributed by atoms with van der Waals surface area (Å²) in [5.41, 5.74) is 7.13. The quantitative estimate of drug-likeness (QED) is 0.197. The number of amides is 2. The normalized spacial score (nSPS) is 13.5. The van der Waals surface area contributed by atoms with Gasteiger partial charge in [-0.3, -0.25) is 9.59 Å². The zero-order valence-corrected chi connectivity index (χ0v) is 24.6. The van der Waals surface area contributed by atoms with Gasteiger partial charge in [0.25, 0.3) is 11.8 Å². The Hall–Kier alpha value is -5.20. The first-order chi connectivity index (χ1) is 20.9. The predicted molar refractivity (Wildman–Crippen MR) is 176 cm³/mol. The fraction of sp³-hybridized carbons (Fsp3) is 0.135. The Morgan fingerprint density at radius 3 is 2.23 bits per heavy atom. The van der Waals surface area contributed by atoms with E-state index in [-0.39, 0.29) is 11.8 Å². The molecule has 2 amide bonds. The number of hydrogen-bond donors (Lipinski definition) is 2. The van der Waals surface area contributed by atoms with Crippen molar-refractivity contribution in [1.82, 2.24) is 9.80 Å². The van der Waals surface area contributed by atoms with Crippen molar-refractivity contribution in [3.63, 3.8) is 0 Å². The van der Waals surface area contributed by atoms with E-state index in [2.05, 4.69) is 51.9 Å². The first-order valence-corrected chi connectivity index (χ1v) is 14.4. The molecule has 0 bridgehead atoms. The maximum atomic E-state index is 13.7. The Labute approximate surface area is 252 Å². The van der Waals surface area contributed by atoms with E-state index in [4.69, 9.17) is 0 Å². The number of nitrogens with one attached hydrogen (secondary N) is 2. The molecule has 6 nitrogen and oxygen atoms in total. The average Bonchev–Trinajstić information content (AvgIpc) is 3.35. The molecule has 6 heteroatoms. The predicted octanol–water partition coefficient (Wildman–Crippen LogP) is 7.11. The molecule has 1 aliphatic rings. The lowest BCUT2D eigenvalue weighted by molar-refractivity contribution is -0.110. The molecule has 1 heterocycles. The van der Waals surface area contributed by atoms with Gasteiger partial charge in [0.1, 0.15) is 0 Å². The van der Waals surface area contributed by atoms with Crippen LogP contribution in [0, 0.1) is 0 Å². The summed E-state index contributed by atoms with van der Waals surface area (Å²) in [4.78, 5) is 31.0. The molecule has 5 aromatic carbocycles. The van der Waals surface area contributed by atoms with Gasteiger partial charge in [0.15, 0.2) is 0 Å². The smallest absolute Gasteiger partial charge is 0.258 e. The highest BCUT2D eigenvalue weighted by molar-refractivity contribution is 6.37. The van der Waals surface area contributed by atoms with E-state index in [0.29, 0.717) is 34.6 Å². The first kappa shape index (κ1) is 27.9. The molecule has 1 aliphatic heterocycles. The zero-order chi connectivity index (χ0) is 29.9. The summed E-state index contributed by atoms with van der Waals surface area (Å²) >= 11 is 0. The Bertz CT molecular complexity index is 1840. The number of nitrogens with zero attached hydrogens (tertiary/aromatic N) is 2. The molecule has 0 saturated heterocycles. The van der Waals surface area contributed by atoms with Gasteiger partial charge in [0.05, 0.1) is 11.3 Å². The van der Waals surface area contributed by atoms with Crippen LogP contribution in [0.4, 0.5) is 11.4 Å². The van der Waals surface area contributed by atoms with E-state index in [0.717, 1.165) is 34.1 Å². The molecule has 2 N–H and O–H groups in total. The van der Waals surface area contributed by atoms with Gasteiger partial charge in [-0.25, -0.2) is 0 Å². The Morgan fingerprint density at radius 2 is 1.47 bits per heavy atom. The SMILES string of the molecule is CN(C)Cc1ccc(N/C(=C2\C(=O)Nc3ccc(C(=O)N(C)Cc4cccc5ccccc45)cc32)c2ccccc2)cc1. The number of anilines is 2. The van der Waals surface area contributed by atoms with Gasteiger partial charge in [-0.15, -0.1) is 0 Å². The van der Waals surface area contributed by atoms with Crippen LogP contribution in [0.1, 0.15) is 32.6 Å². The average molecular weight is 567 g/mol. The third kappa shape index (κ3) is 5.92. The molecule has 0 spiro atoms. The highest BCUT2D eigenvalue weighted by Crippen LogP contribution is 2.38. The summed E-state index contributed by atoms with van der Waals surface area (Å²) in [6.45, 7) is 1.31. The van der Waals surface area contributed by atoms with Crippen LogP contribution in [0.2, 0.25) is 0 Å². The van der Waals surface area contributed by atoms with Gasteiger partial charge in [0.2, 0.25) is 0 Å².